The lowest BCUT2D eigenvalue weighted by Gasteiger charge is -2.32. The highest BCUT2D eigenvalue weighted by Gasteiger charge is 2.33. The van der Waals surface area contributed by atoms with Crippen LogP contribution in [0.25, 0.3) is 0 Å². The molecule has 2 aromatic carbocycles. The van der Waals surface area contributed by atoms with Gasteiger partial charge in [0, 0.05) is 13.1 Å². The van der Waals surface area contributed by atoms with Crippen LogP contribution in [0.4, 0.5) is 0 Å². The third kappa shape index (κ3) is 3.78. The third-order valence-corrected chi connectivity index (χ3v) is 7.15. The molecule has 1 saturated heterocycles. The number of benzene rings is 2. The molecule has 0 bridgehead atoms. The van der Waals surface area contributed by atoms with E-state index in [0.717, 1.165) is 0 Å². The Morgan fingerprint density at radius 3 is 2.22 bits per heavy atom. The molecule has 0 radical (unpaired) electrons. The summed E-state index contributed by atoms with van der Waals surface area (Å²) < 4.78 is 36.1. The molecule has 0 N–H and O–H groups in total. The van der Waals surface area contributed by atoms with E-state index in [1.54, 1.807) is 53.4 Å². The summed E-state index contributed by atoms with van der Waals surface area (Å²) in [6.45, 7) is 0.770. The van der Waals surface area contributed by atoms with Gasteiger partial charge in [-0.1, -0.05) is 24.3 Å². The van der Waals surface area contributed by atoms with E-state index >= 15 is 0 Å². The molecule has 0 aliphatic carbocycles. The van der Waals surface area contributed by atoms with Crippen LogP contribution in [0, 0.1) is 0 Å². The largest absolute Gasteiger partial charge is 0.493 e. The van der Waals surface area contributed by atoms with E-state index in [1.807, 2.05) is 0 Å². The Labute approximate surface area is 159 Å². The average molecular weight is 389 g/mol. The zero-order valence-electron chi connectivity index (χ0n) is 15.4. The van der Waals surface area contributed by atoms with Crippen LogP contribution in [-0.4, -0.2) is 51.8 Å². The van der Waals surface area contributed by atoms with Crippen LogP contribution in [-0.2, 0) is 9.84 Å². The summed E-state index contributed by atoms with van der Waals surface area (Å²) in [4.78, 5) is 14.9. The van der Waals surface area contributed by atoms with Crippen molar-refractivity contribution in [2.75, 3.05) is 27.3 Å². The molecule has 0 saturated carbocycles. The first-order valence-electron chi connectivity index (χ1n) is 8.78. The standard InChI is InChI=1S/C20H23NO5S/c1-25-18-10-6-9-17(19(18)26-2)20(22)21-13-11-16(12-14-21)27(23,24)15-7-4-3-5-8-15/h3-10,16H,11-14H2,1-2H3. The van der Waals surface area contributed by atoms with Crippen LogP contribution >= 0.6 is 0 Å². The van der Waals surface area contributed by atoms with Gasteiger partial charge in [0.15, 0.2) is 21.3 Å². The minimum Gasteiger partial charge on any atom is -0.493 e. The summed E-state index contributed by atoms with van der Waals surface area (Å²) in [7, 11) is -0.369. The molecule has 0 atom stereocenters. The summed E-state index contributed by atoms with van der Waals surface area (Å²) in [5.74, 6) is 0.704. The van der Waals surface area contributed by atoms with Crippen LogP contribution < -0.4 is 9.47 Å². The topological polar surface area (TPSA) is 72.9 Å². The fourth-order valence-electron chi connectivity index (χ4n) is 3.40. The van der Waals surface area contributed by atoms with Crippen molar-refractivity contribution in [3.8, 4) is 11.5 Å². The van der Waals surface area contributed by atoms with Gasteiger partial charge in [-0.2, -0.15) is 0 Å². The average Bonchev–Trinajstić information content (AvgIpc) is 2.73. The van der Waals surface area contributed by atoms with Crippen molar-refractivity contribution >= 4 is 15.7 Å². The Bertz CT molecular complexity index is 903. The molecule has 1 aliphatic rings. The Balaban J connectivity index is 1.74. The maximum absolute atomic E-state index is 12.9. The first kappa shape index (κ1) is 19.2. The molecule has 27 heavy (non-hydrogen) atoms. The van der Waals surface area contributed by atoms with Gasteiger partial charge in [-0.3, -0.25) is 4.79 Å². The van der Waals surface area contributed by atoms with Crippen LogP contribution in [0.5, 0.6) is 11.5 Å². The van der Waals surface area contributed by atoms with E-state index in [9.17, 15) is 13.2 Å². The van der Waals surface area contributed by atoms with Gasteiger partial charge in [0.1, 0.15) is 0 Å². The number of methoxy groups -OCH3 is 2. The first-order chi connectivity index (χ1) is 13.0. The molecule has 144 valence electrons. The monoisotopic (exact) mass is 389 g/mol. The van der Waals surface area contributed by atoms with E-state index in [0.29, 0.717) is 47.9 Å². The highest BCUT2D eigenvalue weighted by atomic mass is 32.2. The Hall–Kier alpha value is -2.54. The van der Waals surface area contributed by atoms with Crippen LogP contribution in [0.3, 0.4) is 0 Å². The number of rotatable bonds is 5. The summed E-state index contributed by atoms with van der Waals surface area (Å²) >= 11 is 0. The van der Waals surface area contributed by atoms with Crippen molar-refractivity contribution in [3.05, 3.63) is 54.1 Å². The molecule has 2 aromatic rings. The van der Waals surface area contributed by atoms with Crippen molar-refractivity contribution in [2.45, 2.75) is 23.0 Å². The fraction of sp³-hybridized carbons (Fsp3) is 0.350. The number of ether oxygens (including phenoxy) is 2. The molecule has 1 fully saturated rings. The molecule has 1 amide bonds. The summed E-state index contributed by atoms with van der Waals surface area (Å²) in [5.41, 5.74) is 0.418. The molecule has 0 aromatic heterocycles. The summed E-state index contributed by atoms with van der Waals surface area (Å²) in [6.07, 6.45) is 0.824. The molecule has 7 heteroatoms. The van der Waals surface area contributed by atoms with E-state index in [2.05, 4.69) is 0 Å². The normalized spacial score (nSPS) is 15.4. The predicted octanol–water partition coefficient (Wildman–Crippen LogP) is 2.78. The minimum atomic E-state index is -3.38. The Kier molecular flexibility index (Phi) is 5.70. The second kappa shape index (κ2) is 8.00. The van der Waals surface area contributed by atoms with Gasteiger partial charge in [0.2, 0.25) is 0 Å². The van der Waals surface area contributed by atoms with Crippen molar-refractivity contribution in [2.24, 2.45) is 0 Å². The molecule has 1 aliphatic heterocycles. The van der Waals surface area contributed by atoms with Gasteiger partial charge in [-0.25, -0.2) is 8.42 Å². The first-order valence-corrected chi connectivity index (χ1v) is 10.3. The van der Waals surface area contributed by atoms with Crippen molar-refractivity contribution in [3.63, 3.8) is 0 Å². The second-order valence-electron chi connectivity index (χ2n) is 6.39. The zero-order valence-corrected chi connectivity index (χ0v) is 16.2. The molecule has 0 unspecified atom stereocenters. The van der Waals surface area contributed by atoms with E-state index in [-0.39, 0.29) is 5.91 Å². The zero-order chi connectivity index (χ0) is 19.4. The molecule has 1 heterocycles. The van der Waals surface area contributed by atoms with Gasteiger partial charge in [0.05, 0.1) is 29.9 Å². The lowest BCUT2D eigenvalue weighted by molar-refractivity contribution is 0.0721. The number of hydrogen-bond donors (Lipinski definition) is 0. The highest BCUT2D eigenvalue weighted by molar-refractivity contribution is 7.92. The van der Waals surface area contributed by atoms with E-state index < -0.39 is 15.1 Å². The van der Waals surface area contributed by atoms with Crippen molar-refractivity contribution in [1.29, 1.82) is 0 Å². The number of piperidine rings is 1. The van der Waals surface area contributed by atoms with E-state index in [4.69, 9.17) is 9.47 Å². The number of carbonyl (C=O) groups excluding carboxylic acids is 1. The third-order valence-electron chi connectivity index (χ3n) is 4.87. The number of amides is 1. The summed E-state index contributed by atoms with van der Waals surface area (Å²) in [5, 5.41) is -0.476. The number of sulfone groups is 1. The van der Waals surface area contributed by atoms with Gasteiger partial charge >= 0.3 is 0 Å². The highest BCUT2D eigenvalue weighted by Crippen LogP contribution is 2.32. The van der Waals surface area contributed by atoms with Gasteiger partial charge in [-0.05, 0) is 37.1 Å². The quantitative estimate of drug-likeness (QED) is 0.786. The molecular weight excluding hydrogens is 366 g/mol. The van der Waals surface area contributed by atoms with Crippen LogP contribution in [0.2, 0.25) is 0 Å². The molecule has 6 nitrogen and oxygen atoms in total. The number of carbonyl (C=O) groups is 1. The maximum atomic E-state index is 12.9. The SMILES string of the molecule is COc1cccc(C(=O)N2CCC(S(=O)(=O)c3ccccc3)CC2)c1OC. The summed E-state index contributed by atoms with van der Waals surface area (Å²) in [6, 6.07) is 13.6. The predicted molar refractivity (Wildman–Crippen MR) is 102 cm³/mol. The lowest BCUT2D eigenvalue weighted by Crippen LogP contribution is -2.42. The smallest absolute Gasteiger partial charge is 0.257 e. The van der Waals surface area contributed by atoms with Crippen LogP contribution in [0.1, 0.15) is 23.2 Å². The van der Waals surface area contributed by atoms with Crippen molar-refractivity contribution in [1.82, 2.24) is 4.90 Å². The molecule has 0 spiro atoms. The van der Waals surface area contributed by atoms with Gasteiger partial charge < -0.3 is 14.4 Å². The number of para-hydroxylation sites is 1. The minimum absolute atomic E-state index is 0.179. The van der Waals surface area contributed by atoms with E-state index in [1.165, 1.54) is 14.2 Å². The second-order valence-corrected chi connectivity index (χ2v) is 8.62. The Morgan fingerprint density at radius 2 is 1.63 bits per heavy atom. The molecule has 3 rings (SSSR count). The maximum Gasteiger partial charge on any atom is 0.257 e. The van der Waals surface area contributed by atoms with Gasteiger partial charge in [-0.15, -0.1) is 0 Å². The fourth-order valence-corrected chi connectivity index (χ4v) is 5.15. The van der Waals surface area contributed by atoms with Gasteiger partial charge in [0.25, 0.3) is 5.91 Å². The number of hydrogen-bond acceptors (Lipinski definition) is 5. The number of likely N-dealkylation sites (tertiary alicyclic amines) is 1. The number of nitrogens with zero attached hydrogens (tertiary/aromatic N) is 1. The lowest BCUT2D eigenvalue weighted by atomic mass is 10.1. The Morgan fingerprint density at radius 1 is 0.963 bits per heavy atom. The molecular formula is C20H23NO5S. The van der Waals surface area contributed by atoms with Crippen molar-refractivity contribution < 1.29 is 22.7 Å². The van der Waals surface area contributed by atoms with Crippen LogP contribution in [0.15, 0.2) is 53.4 Å².